The molecule has 2 aromatic heterocycles. The summed E-state index contributed by atoms with van der Waals surface area (Å²) in [6.07, 6.45) is 1.80. The molecule has 8 heteroatoms. The lowest BCUT2D eigenvalue weighted by Gasteiger charge is -2.18. The molecule has 30 heavy (non-hydrogen) atoms. The van der Waals surface area contributed by atoms with Crippen LogP contribution in [0.15, 0.2) is 64.1 Å². The lowest BCUT2D eigenvalue weighted by Crippen LogP contribution is -2.30. The van der Waals surface area contributed by atoms with E-state index in [1.54, 1.807) is 23.9 Å². The lowest BCUT2D eigenvalue weighted by atomic mass is 10.2. The van der Waals surface area contributed by atoms with Crippen molar-refractivity contribution >= 4 is 44.4 Å². The minimum absolute atomic E-state index is 0.0580. The average Bonchev–Trinajstić information content (AvgIpc) is 3.37. The van der Waals surface area contributed by atoms with Gasteiger partial charge in [-0.25, -0.2) is 13.8 Å². The summed E-state index contributed by atoms with van der Waals surface area (Å²) < 4.78 is 33.4. The van der Waals surface area contributed by atoms with Crippen LogP contribution in [0.2, 0.25) is 0 Å². The molecule has 2 heterocycles. The first-order chi connectivity index (χ1) is 14.5. The molecule has 154 valence electrons. The van der Waals surface area contributed by atoms with E-state index in [-0.39, 0.29) is 24.4 Å². The van der Waals surface area contributed by atoms with Crippen LogP contribution in [0.4, 0.5) is 13.9 Å². The number of thioether (sulfide) groups is 1. The second kappa shape index (κ2) is 8.97. The van der Waals surface area contributed by atoms with Gasteiger partial charge in [-0.2, -0.15) is 0 Å². The van der Waals surface area contributed by atoms with E-state index in [1.807, 2.05) is 31.2 Å². The highest BCUT2D eigenvalue weighted by Gasteiger charge is 2.22. The van der Waals surface area contributed by atoms with Crippen LogP contribution in [0.1, 0.15) is 17.7 Å². The first-order valence-electron chi connectivity index (χ1n) is 9.27. The van der Waals surface area contributed by atoms with Crippen LogP contribution in [0.3, 0.4) is 0 Å². The maximum absolute atomic E-state index is 14.1. The predicted octanol–water partition coefficient (Wildman–Crippen LogP) is 6.19. The summed E-state index contributed by atoms with van der Waals surface area (Å²) >= 11 is 2.67. The van der Waals surface area contributed by atoms with Gasteiger partial charge >= 0.3 is 0 Å². The number of hydrogen-bond acceptors (Lipinski definition) is 5. The number of carbonyl (C=O) groups is 1. The molecule has 0 aliphatic rings. The minimum Gasteiger partial charge on any atom is -0.467 e. The summed E-state index contributed by atoms with van der Waals surface area (Å²) in [6, 6.07) is 13.6. The number of thiazole rings is 1. The van der Waals surface area contributed by atoms with Crippen LogP contribution in [-0.2, 0) is 11.3 Å². The molecular formula is C22H18F2N2O2S2. The molecule has 0 unspecified atom stereocenters. The molecule has 0 atom stereocenters. The highest BCUT2D eigenvalue weighted by Crippen LogP contribution is 2.32. The normalized spacial score (nSPS) is 11.2. The quantitative estimate of drug-likeness (QED) is 0.319. The van der Waals surface area contributed by atoms with Gasteiger partial charge in [0.1, 0.15) is 17.1 Å². The standard InChI is InChI=1S/C22H18F2N2O2S2/c1-14-4-6-17(7-5-14)29-10-8-20(27)26(13-16-3-2-9-28-16)22-25-21-18(24)11-15(23)12-19(21)30-22/h2-7,9,11-12H,8,10,13H2,1H3. The monoisotopic (exact) mass is 444 g/mol. The molecule has 0 fully saturated rings. The van der Waals surface area contributed by atoms with Gasteiger partial charge in [0, 0.05) is 23.1 Å². The Morgan fingerprint density at radius 3 is 2.73 bits per heavy atom. The third-order valence-corrected chi connectivity index (χ3v) is 6.47. The molecule has 4 rings (SSSR count). The van der Waals surface area contributed by atoms with E-state index in [0.29, 0.717) is 21.3 Å². The van der Waals surface area contributed by atoms with E-state index in [4.69, 9.17) is 4.42 Å². The fraction of sp³-hybridized carbons (Fsp3) is 0.182. The first kappa shape index (κ1) is 20.6. The Morgan fingerprint density at radius 1 is 1.20 bits per heavy atom. The van der Waals surface area contributed by atoms with Gasteiger partial charge in [-0.1, -0.05) is 29.0 Å². The van der Waals surface area contributed by atoms with Crippen LogP contribution in [-0.4, -0.2) is 16.6 Å². The van der Waals surface area contributed by atoms with E-state index < -0.39 is 11.6 Å². The van der Waals surface area contributed by atoms with Gasteiger partial charge in [0.2, 0.25) is 5.91 Å². The summed E-state index contributed by atoms with van der Waals surface area (Å²) in [6.45, 7) is 2.20. The van der Waals surface area contributed by atoms with Gasteiger partial charge < -0.3 is 4.42 Å². The fourth-order valence-electron chi connectivity index (χ4n) is 2.91. The third kappa shape index (κ3) is 4.71. The number of nitrogens with zero attached hydrogens (tertiary/aromatic N) is 2. The van der Waals surface area contributed by atoms with Crippen molar-refractivity contribution in [3.8, 4) is 0 Å². The van der Waals surface area contributed by atoms with Crippen molar-refractivity contribution in [2.24, 2.45) is 0 Å². The number of aryl methyl sites for hydroxylation is 1. The number of rotatable bonds is 7. The van der Waals surface area contributed by atoms with E-state index in [0.717, 1.165) is 22.3 Å². The Hall–Kier alpha value is -2.71. The van der Waals surface area contributed by atoms with Gasteiger partial charge in [0.15, 0.2) is 10.9 Å². The maximum atomic E-state index is 14.1. The predicted molar refractivity (Wildman–Crippen MR) is 116 cm³/mol. The molecule has 0 bridgehead atoms. The number of carbonyl (C=O) groups excluding carboxylic acids is 1. The van der Waals surface area contributed by atoms with Crippen molar-refractivity contribution in [3.05, 3.63) is 77.8 Å². The summed E-state index contributed by atoms with van der Waals surface area (Å²) in [5, 5.41) is 0.316. The molecule has 0 saturated heterocycles. The van der Waals surface area contributed by atoms with Gasteiger partial charge in [-0.15, -0.1) is 11.8 Å². The van der Waals surface area contributed by atoms with Crippen LogP contribution in [0, 0.1) is 18.6 Å². The zero-order valence-corrected chi connectivity index (χ0v) is 17.7. The summed E-state index contributed by atoms with van der Waals surface area (Å²) in [4.78, 5) is 19.8. The van der Waals surface area contributed by atoms with Crippen LogP contribution in [0.25, 0.3) is 10.2 Å². The number of hydrogen-bond donors (Lipinski definition) is 0. The molecule has 0 saturated carbocycles. The Bertz CT molecular complexity index is 1160. The molecule has 0 aliphatic carbocycles. The van der Waals surface area contributed by atoms with Crippen molar-refractivity contribution in [1.29, 1.82) is 0 Å². The van der Waals surface area contributed by atoms with Crippen molar-refractivity contribution in [1.82, 2.24) is 4.98 Å². The average molecular weight is 445 g/mol. The summed E-state index contributed by atoms with van der Waals surface area (Å²) in [5.41, 5.74) is 1.24. The zero-order valence-electron chi connectivity index (χ0n) is 16.1. The largest absolute Gasteiger partial charge is 0.467 e. The number of amides is 1. The molecule has 0 aliphatic heterocycles. The van der Waals surface area contributed by atoms with E-state index in [1.165, 1.54) is 22.8 Å². The molecule has 4 nitrogen and oxygen atoms in total. The Morgan fingerprint density at radius 2 is 2.00 bits per heavy atom. The summed E-state index contributed by atoms with van der Waals surface area (Å²) in [5.74, 6) is -0.405. The first-order valence-corrected chi connectivity index (χ1v) is 11.1. The molecule has 0 spiro atoms. The van der Waals surface area contributed by atoms with Crippen LogP contribution < -0.4 is 4.90 Å². The number of fused-ring (bicyclic) bond motifs is 1. The SMILES string of the molecule is Cc1ccc(SCCC(=O)N(Cc2ccco2)c2nc3c(F)cc(F)cc3s2)cc1. The van der Waals surface area contributed by atoms with E-state index >= 15 is 0 Å². The summed E-state index contributed by atoms with van der Waals surface area (Å²) in [7, 11) is 0. The van der Waals surface area contributed by atoms with Crippen LogP contribution in [0.5, 0.6) is 0 Å². The molecule has 1 amide bonds. The van der Waals surface area contributed by atoms with Gasteiger partial charge in [-0.05, 0) is 37.3 Å². The third-order valence-electron chi connectivity index (χ3n) is 4.43. The maximum Gasteiger partial charge on any atom is 0.230 e. The second-order valence-electron chi connectivity index (χ2n) is 6.70. The topological polar surface area (TPSA) is 46.3 Å². The van der Waals surface area contributed by atoms with Crippen molar-refractivity contribution in [2.45, 2.75) is 24.8 Å². The smallest absolute Gasteiger partial charge is 0.230 e. The molecular weight excluding hydrogens is 426 g/mol. The van der Waals surface area contributed by atoms with Crippen LogP contribution >= 0.6 is 23.1 Å². The molecule has 0 radical (unpaired) electrons. The highest BCUT2D eigenvalue weighted by atomic mass is 32.2. The van der Waals surface area contributed by atoms with E-state index in [2.05, 4.69) is 4.98 Å². The number of halogens is 2. The van der Waals surface area contributed by atoms with E-state index in [9.17, 15) is 13.6 Å². The fourth-order valence-corrected chi connectivity index (χ4v) is 4.77. The minimum atomic E-state index is -0.743. The zero-order chi connectivity index (χ0) is 21.1. The Kier molecular flexibility index (Phi) is 6.15. The van der Waals surface area contributed by atoms with Gasteiger partial charge in [0.25, 0.3) is 0 Å². The Balaban J connectivity index is 1.54. The lowest BCUT2D eigenvalue weighted by molar-refractivity contribution is -0.118. The van der Waals surface area contributed by atoms with Gasteiger partial charge in [0.05, 0.1) is 17.5 Å². The number of anilines is 1. The number of aromatic nitrogens is 1. The Labute approximate surface area is 180 Å². The van der Waals surface area contributed by atoms with Crippen molar-refractivity contribution in [2.75, 3.05) is 10.7 Å². The van der Waals surface area contributed by atoms with Crippen molar-refractivity contribution in [3.63, 3.8) is 0 Å². The number of benzene rings is 2. The highest BCUT2D eigenvalue weighted by molar-refractivity contribution is 7.99. The van der Waals surface area contributed by atoms with Gasteiger partial charge in [-0.3, -0.25) is 9.69 Å². The number of furan rings is 1. The van der Waals surface area contributed by atoms with Crippen molar-refractivity contribution < 1.29 is 18.0 Å². The molecule has 2 aromatic carbocycles. The molecule has 4 aromatic rings. The molecule has 0 N–H and O–H groups in total. The second-order valence-corrected chi connectivity index (χ2v) is 8.88.